The van der Waals surface area contributed by atoms with Crippen molar-refractivity contribution in [2.45, 2.75) is 39.8 Å². The lowest BCUT2D eigenvalue weighted by Gasteiger charge is -2.07. The van der Waals surface area contributed by atoms with Gasteiger partial charge in [0.05, 0.1) is 12.0 Å². The third-order valence-electron chi connectivity index (χ3n) is 2.65. The quantitative estimate of drug-likeness (QED) is 0.749. The van der Waals surface area contributed by atoms with Crippen LogP contribution in [-0.4, -0.2) is 26.2 Å². The molecule has 2 rings (SSSR count). The summed E-state index contributed by atoms with van der Waals surface area (Å²) in [4.78, 5) is 8.32. The standard InChI is InChI=1S/C12H19N5O/c1-3-6-17-9-14-8-11(17)7-13-5-4-12-15-10(2)16-18-12/h8-9,13H,3-7H2,1-2H3. The first kappa shape index (κ1) is 12.8. The lowest BCUT2D eigenvalue weighted by Crippen LogP contribution is -2.19. The van der Waals surface area contributed by atoms with Gasteiger partial charge in [-0.1, -0.05) is 12.1 Å². The van der Waals surface area contributed by atoms with Crippen molar-refractivity contribution in [3.05, 3.63) is 29.9 Å². The summed E-state index contributed by atoms with van der Waals surface area (Å²) in [6, 6.07) is 0. The lowest BCUT2D eigenvalue weighted by atomic mass is 10.3. The van der Waals surface area contributed by atoms with E-state index in [2.05, 4.69) is 31.9 Å². The van der Waals surface area contributed by atoms with Crippen LogP contribution in [0.15, 0.2) is 17.0 Å². The zero-order valence-corrected chi connectivity index (χ0v) is 10.9. The van der Waals surface area contributed by atoms with Crippen LogP contribution in [0, 0.1) is 6.92 Å². The molecule has 0 saturated heterocycles. The van der Waals surface area contributed by atoms with Gasteiger partial charge in [-0.15, -0.1) is 0 Å². The van der Waals surface area contributed by atoms with Crippen LogP contribution in [0.25, 0.3) is 0 Å². The number of nitrogens with one attached hydrogen (secondary N) is 1. The van der Waals surface area contributed by atoms with E-state index in [1.165, 1.54) is 5.69 Å². The van der Waals surface area contributed by atoms with Crippen LogP contribution in [0.3, 0.4) is 0 Å². The Morgan fingerprint density at radius 3 is 3.06 bits per heavy atom. The van der Waals surface area contributed by atoms with Gasteiger partial charge in [-0.25, -0.2) is 4.98 Å². The van der Waals surface area contributed by atoms with Gasteiger partial charge in [0.1, 0.15) is 0 Å². The highest BCUT2D eigenvalue weighted by Crippen LogP contribution is 2.01. The van der Waals surface area contributed by atoms with Crippen molar-refractivity contribution in [3.8, 4) is 0 Å². The molecule has 0 radical (unpaired) electrons. The van der Waals surface area contributed by atoms with Crippen molar-refractivity contribution in [1.82, 2.24) is 25.0 Å². The minimum Gasteiger partial charge on any atom is -0.339 e. The second-order valence-electron chi connectivity index (χ2n) is 4.24. The summed E-state index contributed by atoms with van der Waals surface area (Å²) in [6.07, 6.45) is 5.65. The molecule has 6 heteroatoms. The molecule has 0 aliphatic heterocycles. The Morgan fingerprint density at radius 1 is 1.44 bits per heavy atom. The zero-order valence-electron chi connectivity index (χ0n) is 10.9. The van der Waals surface area contributed by atoms with Crippen LogP contribution in [0.4, 0.5) is 0 Å². The topological polar surface area (TPSA) is 68.8 Å². The predicted molar refractivity (Wildman–Crippen MR) is 67.0 cm³/mol. The first-order valence-corrected chi connectivity index (χ1v) is 6.28. The number of rotatable bonds is 7. The monoisotopic (exact) mass is 249 g/mol. The Labute approximate surface area is 106 Å². The third-order valence-corrected chi connectivity index (χ3v) is 2.65. The van der Waals surface area contributed by atoms with E-state index in [1.807, 2.05) is 19.4 Å². The maximum absolute atomic E-state index is 5.05. The van der Waals surface area contributed by atoms with Crippen molar-refractivity contribution >= 4 is 0 Å². The van der Waals surface area contributed by atoms with Crippen LogP contribution < -0.4 is 5.32 Å². The van der Waals surface area contributed by atoms with Gasteiger partial charge in [-0.3, -0.25) is 0 Å². The number of aryl methyl sites for hydroxylation is 2. The molecule has 0 bridgehead atoms. The highest BCUT2D eigenvalue weighted by Gasteiger charge is 2.03. The molecule has 0 atom stereocenters. The average molecular weight is 249 g/mol. The van der Waals surface area contributed by atoms with Gasteiger partial charge in [0.2, 0.25) is 5.89 Å². The SMILES string of the molecule is CCCn1cncc1CNCCc1nc(C)no1. The molecule has 2 heterocycles. The predicted octanol–water partition coefficient (Wildman–Crippen LogP) is 1.32. The fraction of sp³-hybridized carbons (Fsp3) is 0.583. The molecule has 0 aromatic carbocycles. The molecule has 6 nitrogen and oxygen atoms in total. The third kappa shape index (κ3) is 3.40. The highest BCUT2D eigenvalue weighted by atomic mass is 16.5. The van der Waals surface area contributed by atoms with Gasteiger partial charge in [0.25, 0.3) is 0 Å². The summed E-state index contributed by atoms with van der Waals surface area (Å²) in [5.41, 5.74) is 1.21. The zero-order chi connectivity index (χ0) is 12.8. The first-order chi connectivity index (χ1) is 8.79. The fourth-order valence-electron chi connectivity index (χ4n) is 1.79. The van der Waals surface area contributed by atoms with E-state index in [1.54, 1.807) is 0 Å². The molecule has 0 aliphatic rings. The van der Waals surface area contributed by atoms with E-state index in [4.69, 9.17) is 4.52 Å². The van der Waals surface area contributed by atoms with Crippen molar-refractivity contribution < 1.29 is 4.52 Å². The molecule has 0 fully saturated rings. The van der Waals surface area contributed by atoms with Crippen LogP contribution in [0.1, 0.15) is 30.8 Å². The van der Waals surface area contributed by atoms with E-state index >= 15 is 0 Å². The fourth-order valence-corrected chi connectivity index (χ4v) is 1.79. The van der Waals surface area contributed by atoms with E-state index in [0.29, 0.717) is 11.7 Å². The summed E-state index contributed by atoms with van der Waals surface area (Å²) in [5, 5.41) is 7.11. The molecule has 2 aromatic heterocycles. The van der Waals surface area contributed by atoms with E-state index in [-0.39, 0.29) is 0 Å². The van der Waals surface area contributed by atoms with Crippen LogP contribution in [-0.2, 0) is 19.5 Å². The number of hydrogen-bond acceptors (Lipinski definition) is 5. The maximum atomic E-state index is 5.05. The molecule has 18 heavy (non-hydrogen) atoms. The lowest BCUT2D eigenvalue weighted by molar-refractivity contribution is 0.372. The Balaban J connectivity index is 1.73. The summed E-state index contributed by atoms with van der Waals surface area (Å²) in [7, 11) is 0. The Bertz CT molecular complexity index is 476. The normalized spacial score (nSPS) is 11.0. The minimum atomic E-state index is 0.682. The number of nitrogens with zero attached hydrogens (tertiary/aromatic N) is 4. The van der Waals surface area contributed by atoms with Gasteiger partial charge in [0, 0.05) is 32.3 Å². The maximum Gasteiger partial charge on any atom is 0.227 e. The molecule has 1 N–H and O–H groups in total. The summed E-state index contributed by atoms with van der Waals surface area (Å²) in [6.45, 7) is 6.63. The van der Waals surface area contributed by atoms with Crippen molar-refractivity contribution in [1.29, 1.82) is 0 Å². The van der Waals surface area contributed by atoms with E-state index in [0.717, 1.165) is 32.5 Å². The Hall–Kier alpha value is -1.69. The average Bonchev–Trinajstić information content (AvgIpc) is 2.95. The Kier molecular flexibility index (Phi) is 4.46. The van der Waals surface area contributed by atoms with Gasteiger partial charge >= 0.3 is 0 Å². The number of hydrogen-bond donors (Lipinski definition) is 1. The van der Waals surface area contributed by atoms with Crippen LogP contribution in [0.5, 0.6) is 0 Å². The van der Waals surface area contributed by atoms with Crippen molar-refractivity contribution in [2.75, 3.05) is 6.54 Å². The van der Waals surface area contributed by atoms with Gasteiger partial charge in [0.15, 0.2) is 5.82 Å². The second-order valence-corrected chi connectivity index (χ2v) is 4.24. The van der Waals surface area contributed by atoms with Gasteiger partial charge in [-0.2, -0.15) is 4.98 Å². The molecule has 0 aliphatic carbocycles. The first-order valence-electron chi connectivity index (χ1n) is 6.28. The van der Waals surface area contributed by atoms with Crippen LogP contribution >= 0.6 is 0 Å². The largest absolute Gasteiger partial charge is 0.339 e. The van der Waals surface area contributed by atoms with E-state index in [9.17, 15) is 0 Å². The molecular weight excluding hydrogens is 230 g/mol. The van der Waals surface area contributed by atoms with Gasteiger partial charge < -0.3 is 14.4 Å². The molecular formula is C12H19N5O. The smallest absolute Gasteiger partial charge is 0.227 e. The Morgan fingerprint density at radius 2 is 2.33 bits per heavy atom. The van der Waals surface area contributed by atoms with Crippen molar-refractivity contribution in [2.24, 2.45) is 0 Å². The molecule has 0 spiro atoms. The molecule has 98 valence electrons. The number of imidazole rings is 1. The summed E-state index contributed by atoms with van der Waals surface area (Å²) < 4.78 is 7.22. The van der Waals surface area contributed by atoms with Crippen LogP contribution in [0.2, 0.25) is 0 Å². The minimum absolute atomic E-state index is 0.682. The number of aromatic nitrogens is 4. The second kappa shape index (κ2) is 6.30. The summed E-state index contributed by atoms with van der Waals surface area (Å²) in [5.74, 6) is 1.37. The van der Waals surface area contributed by atoms with E-state index < -0.39 is 0 Å². The van der Waals surface area contributed by atoms with Crippen molar-refractivity contribution in [3.63, 3.8) is 0 Å². The molecule has 0 amide bonds. The molecule has 0 saturated carbocycles. The van der Waals surface area contributed by atoms with Gasteiger partial charge in [-0.05, 0) is 13.3 Å². The summed E-state index contributed by atoms with van der Waals surface area (Å²) >= 11 is 0. The highest BCUT2D eigenvalue weighted by molar-refractivity contribution is 4.97. The molecule has 0 unspecified atom stereocenters. The molecule has 2 aromatic rings.